The normalized spacial score (nSPS) is 26.2. The number of benzene rings is 1. The number of nitrogens with one attached hydrogen (secondary N) is 2. The van der Waals surface area contributed by atoms with Crippen molar-refractivity contribution in [2.75, 3.05) is 37.9 Å². The molecule has 1 aromatic carbocycles. The molecule has 0 spiro atoms. The molecular formula is C15H21N3O2. The Balaban J connectivity index is 1.77. The molecule has 2 aliphatic heterocycles. The summed E-state index contributed by atoms with van der Waals surface area (Å²) in [5.41, 5.74) is 3.15. The first-order valence-electron chi connectivity index (χ1n) is 7.09. The zero-order valence-electron chi connectivity index (χ0n) is 12.0. The molecule has 1 fully saturated rings. The summed E-state index contributed by atoms with van der Waals surface area (Å²) in [5, 5.41) is 6.13. The molecule has 1 saturated heterocycles. The van der Waals surface area contributed by atoms with E-state index in [9.17, 15) is 4.79 Å². The minimum atomic E-state index is -0.0666. The topological polar surface area (TPSA) is 53.6 Å². The third kappa shape index (κ3) is 2.39. The molecule has 1 aromatic rings. The van der Waals surface area contributed by atoms with E-state index >= 15 is 0 Å². The van der Waals surface area contributed by atoms with Crippen LogP contribution in [0.25, 0.3) is 0 Å². The molecule has 5 nitrogen and oxygen atoms in total. The second-order valence-corrected chi connectivity index (χ2v) is 5.47. The zero-order valence-corrected chi connectivity index (χ0v) is 12.0. The van der Waals surface area contributed by atoms with Gasteiger partial charge in [-0.15, -0.1) is 0 Å². The third-order valence-corrected chi connectivity index (χ3v) is 4.32. The monoisotopic (exact) mass is 275 g/mol. The smallest absolute Gasteiger partial charge is 0.242 e. The lowest BCUT2D eigenvalue weighted by atomic mass is 9.97. The molecule has 5 heteroatoms. The molecule has 0 saturated carbocycles. The van der Waals surface area contributed by atoms with Gasteiger partial charge >= 0.3 is 0 Å². The molecule has 2 aliphatic rings. The van der Waals surface area contributed by atoms with Gasteiger partial charge in [0.1, 0.15) is 0 Å². The van der Waals surface area contributed by atoms with Crippen LogP contribution in [0, 0.1) is 0 Å². The fourth-order valence-corrected chi connectivity index (χ4v) is 3.07. The maximum atomic E-state index is 12.3. The van der Waals surface area contributed by atoms with Crippen LogP contribution in [-0.2, 0) is 16.0 Å². The van der Waals surface area contributed by atoms with E-state index in [1.54, 1.807) is 7.11 Å². The zero-order chi connectivity index (χ0) is 14.1. The summed E-state index contributed by atoms with van der Waals surface area (Å²) in [4.78, 5) is 14.6. The van der Waals surface area contributed by atoms with Gasteiger partial charge in [-0.3, -0.25) is 9.69 Å². The Morgan fingerprint density at radius 3 is 3.00 bits per heavy atom. The molecule has 2 N–H and O–H groups in total. The largest absolute Gasteiger partial charge is 0.388 e. The third-order valence-electron chi connectivity index (χ3n) is 4.32. The Labute approximate surface area is 119 Å². The highest BCUT2D eigenvalue weighted by Crippen LogP contribution is 2.29. The van der Waals surface area contributed by atoms with E-state index in [4.69, 9.17) is 4.74 Å². The highest BCUT2D eigenvalue weighted by atomic mass is 16.5. The van der Waals surface area contributed by atoms with Crippen molar-refractivity contribution in [1.82, 2.24) is 4.90 Å². The van der Waals surface area contributed by atoms with Crippen molar-refractivity contribution in [1.29, 1.82) is 0 Å². The fourth-order valence-electron chi connectivity index (χ4n) is 3.07. The van der Waals surface area contributed by atoms with Gasteiger partial charge in [0.25, 0.3) is 0 Å². The van der Waals surface area contributed by atoms with E-state index < -0.39 is 0 Å². The minimum absolute atomic E-state index is 0.0666. The van der Waals surface area contributed by atoms with Crippen molar-refractivity contribution in [3.05, 3.63) is 23.8 Å². The van der Waals surface area contributed by atoms with Crippen molar-refractivity contribution >= 4 is 17.3 Å². The summed E-state index contributed by atoms with van der Waals surface area (Å²) < 4.78 is 5.39. The van der Waals surface area contributed by atoms with E-state index in [0.29, 0.717) is 0 Å². The highest BCUT2D eigenvalue weighted by Gasteiger charge is 2.35. The second kappa shape index (κ2) is 5.42. The quantitative estimate of drug-likeness (QED) is 0.873. The van der Waals surface area contributed by atoms with Gasteiger partial charge in [0, 0.05) is 38.6 Å². The van der Waals surface area contributed by atoms with Crippen molar-refractivity contribution in [2.45, 2.75) is 25.0 Å². The molecule has 3 rings (SSSR count). The lowest BCUT2D eigenvalue weighted by molar-refractivity contribution is -0.121. The number of ether oxygens (including phenoxy) is 1. The molecule has 1 unspecified atom stereocenters. The lowest BCUT2D eigenvalue weighted by Crippen LogP contribution is -2.47. The van der Waals surface area contributed by atoms with Crippen LogP contribution in [0.3, 0.4) is 0 Å². The van der Waals surface area contributed by atoms with Crippen LogP contribution < -0.4 is 10.6 Å². The summed E-state index contributed by atoms with van der Waals surface area (Å²) in [6.45, 7) is 1.78. The van der Waals surface area contributed by atoms with Crippen LogP contribution in [0.15, 0.2) is 18.2 Å². The van der Waals surface area contributed by atoms with Gasteiger partial charge in [0.2, 0.25) is 5.91 Å². The van der Waals surface area contributed by atoms with Crippen molar-refractivity contribution in [3.8, 4) is 0 Å². The number of methoxy groups -OCH3 is 1. The molecule has 108 valence electrons. The van der Waals surface area contributed by atoms with Crippen LogP contribution in [0.4, 0.5) is 11.4 Å². The number of hydrogen-bond acceptors (Lipinski definition) is 4. The maximum absolute atomic E-state index is 12.3. The average Bonchev–Trinajstić information content (AvgIpc) is 2.94. The summed E-state index contributed by atoms with van der Waals surface area (Å²) in [5.74, 6) is 0.0995. The number of hydrogen-bond donors (Lipinski definition) is 2. The van der Waals surface area contributed by atoms with E-state index in [-0.39, 0.29) is 18.1 Å². The van der Waals surface area contributed by atoms with Crippen molar-refractivity contribution in [3.63, 3.8) is 0 Å². The summed E-state index contributed by atoms with van der Waals surface area (Å²) in [6, 6.07) is 6.07. The second-order valence-electron chi connectivity index (χ2n) is 5.47. The lowest BCUT2D eigenvalue weighted by Gasteiger charge is -2.31. The molecule has 2 atom stereocenters. The van der Waals surface area contributed by atoms with E-state index in [2.05, 4.69) is 27.7 Å². The van der Waals surface area contributed by atoms with Crippen LogP contribution in [0.5, 0.6) is 0 Å². The summed E-state index contributed by atoms with van der Waals surface area (Å²) in [7, 11) is 3.62. The molecular weight excluding hydrogens is 254 g/mol. The van der Waals surface area contributed by atoms with Gasteiger partial charge in [-0.1, -0.05) is 6.07 Å². The first-order valence-corrected chi connectivity index (χ1v) is 7.09. The first kappa shape index (κ1) is 13.4. The average molecular weight is 275 g/mol. The summed E-state index contributed by atoms with van der Waals surface area (Å²) >= 11 is 0. The van der Waals surface area contributed by atoms with Gasteiger partial charge in [-0.05, 0) is 30.5 Å². The molecule has 0 aromatic heterocycles. The molecule has 2 heterocycles. The van der Waals surface area contributed by atoms with Crippen LogP contribution in [0.1, 0.15) is 12.0 Å². The van der Waals surface area contributed by atoms with Gasteiger partial charge in [0.05, 0.1) is 12.1 Å². The Hall–Kier alpha value is -1.59. The number of carbonyl (C=O) groups is 1. The Bertz CT molecular complexity index is 518. The fraction of sp³-hybridized carbons (Fsp3) is 0.533. The predicted molar refractivity (Wildman–Crippen MR) is 79.1 cm³/mol. The van der Waals surface area contributed by atoms with Gasteiger partial charge in [-0.2, -0.15) is 0 Å². The first-order chi connectivity index (χ1) is 9.71. The number of rotatable bonds is 3. The van der Waals surface area contributed by atoms with Gasteiger partial charge in [0.15, 0.2) is 0 Å². The van der Waals surface area contributed by atoms with E-state index in [0.717, 1.165) is 37.3 Å². The van der Waals surface area contributed by atoms with E-state index in [1.165, 1.54) is 5.56 Å². The standard InChI is InChI=1S/C15H21N3O2/c1-16-11-4-3-10-7-14(15(19)17-13(10)8-11)18-6-5-12(9-18)20-2/h3-4,8,12,14,16H,5-7,9H2,1-2H3,(H,17,19)/t12-,14?/m1/s1. The molecule has 0 aliphatic carbocycles. The molecule has 0 bridgehead atoms. The molecule has 1 amide bonds. The van der Waals surface area contributed by atoms with Gasteiger partial charge < -0.3 is 15.4 Å². The number of amides is 1. The van der Waals surface area contributed by atoms with Crippen molar-refractivity contribution in [2.24, 2.45) is 0 Å². The number of fused-ring (bicyclic) bond motifs is 1. The summed E-state index contributed by atoms with van der Waals surface area (Å²) in [6.07, 6.45) is 2.05. The van der Waals surface area contributed by atoms with Crippen LogP contribution >= 0.6 is 0 Å². The Morgan fingerprint density at radius 1 is 1.45 bits per heavy atom. The predicted octanol–water partition coefficient (Wildman–Crippen LogP) is 1.31. The van der Waals surface area contributed by atoms with Crippen LogP contribution in [-0.4, -0.2) is 50.2 Å². The minimum Gasteiger partial charge on any atom is -0.388 e. The number of nitrogens with zero attached hydrogens (tertiary/aromatic N) is 1. The van der Waals surface area contributed by atoms with E-state index in [1.807, 2.05) is 13.1 Å². The number of likely N-dealkylation sites (tertiary alicyclic amines) is 1. The maximum Gasteiger partial charge on any atom is 0.242 e. The Morgan fingerprint density at radius 2 is 2.30 bits per heavy atom. The molecule has 0 radical (unpaired) electrons. The van der Waals surface area contributed by atoms with Crippen molar-refractivity contribution < 1.29 is 9.53 Å². The van der Waals surface area contributed by atoms with Crippen LogP contribution in [0.2, 0.25) is 0 Å². The highest BCUT2D eigenvalue weighted by molar-refractivity contribution is 5.98. The number of anilines is 2. The SMILES string of the molecule is CNc1ccc2c(c1)NC(=O)C(N1CC[C@@H](OC)C1)C2. The Kier molecular flexibility index (Phi) is 3.63. The number of carbonyl (C=O) groups excluding carboxylic acids is 1. The molecule has 20 heavy (non-hydrogen) atoms. The van der Waals surface area contributed by atoms with Gasteiger partial charge in [-0.25, -0.2) is 0 Å².